The Balaban J connectivity index is 2.33. The SMILES string of the molecule is CCCNCc1ccccc1OCCOCCO. The van der Waals surface area contributed by atoms with Gasteiger partial charge in [0.1, 0.15) is 12.4 Å². The molecule has 0 saturated carbocycles. The van der Waals surface area contributed by atoms with E-state index in [0.29, 0.717) is 19.8 Å². The van der Waals surface area contributed by atoms with Crippen LogP contribution < -0.4 is 10.1 Å². The quantitative estimate of drug-likeness (QED) is 0.622. The fourth-order valence-corrected chi connectivity index (χ4v) is 1.57. The van der Waals surface area contributed by atoms with Crippen molar-refractivity contribution in [2.24, 2.45) is 0 Å². The average Bonchev–Trinajstić information content (AvgIpc) is 2.40. The van der Waals surface area contributed by atoms with Crippen LogP contribution in [0.25, 0.3) is 0 Å². The lowest BCUT2D eigenvalue weighted by Crippen LogP contribution is -2.15. The van der Waals surface area contributed by atoms with Crippen molar-refractivity contribution in [3.05, 3.63) is 29.8 Å². The molecule has 1 aromatic rings. The summed E-state index contributed by atoms with van der Waals surface area (Å²) >= 11 is 0. The normalized spacial score (nSPS) is 10.6. The van der Waals surface area contributed by atoms with Crippen LogP contribution in [0.4, 0.5) is 0 Å². The molecule has 0 bridgehead atoms. The first-order valence-electron chi connectivity index (χ1n) is 6.48. The van der Waals surface area contributed by atoms with Crippen LogP contribution in [0.3, 0.4) is 0 Å². The van der Waals surface area contributed by atoms with Crippen molar-refractivity contribution in [1.82, 2.24) is 5.32 Å². The Kier molecular flexibility index (Phi) is 8.21. The predicted octanol–water partition coefficient (Wildman–Crippen LogP) is 1.57. The summed E-state index contributed by atoms with van der Waals surface area (Å²) in [6.45, 7) is 5.39. The van der Waals surface area contributed by atoms with Crippen molar-refractivity contribution < 1.29 is 14.6 Å². The van der Waals surface area contributed by atoms with Crippen molar-refractivity contribution in [3.8, 4) is 5.75 Å². The molecule has 1 aromatic carbocycles. The summed E-state index contributed by atoms with van der Waals surface area (Å²) in [5, 5.41) is 11.9. The molecule has 18 heavy (non-hydrogen) atoms. The van der Waals surface area contributed by atoms with E-state index in [1.807, 2.05) is 18.2 Å². The molecule has 0 radical (unpaired) electrons. The van der Waals surface area contributed by atoms with Crippen LogP contribution in [-0.2, 0) is 11.3 Å². The van der Waals surface area contributed by atoms with E-state index in [2.05, 4.69) is 18.3 Å². The number of aliphatic hydroxyl groups excluding tert-OH is 1. The van der Waals surface area contributed by atoms with Gasteiger partial charge in [0.25, 0.3) is 0 Å². The summed E-state index contributed by atoms with van der Waals surface area (Å²) in [5.41, 5.74) is 1.16. The Morgan fingerprint density at radius 2 is 2.00 bits per heavy atom. The highest BCUT2D eigenvalue weighted by Gasteiger charge is 2.02. The highest BCUT2D eigenvalue weighted by atomic mass is 16.5. The van der Waals surface area contributed by atoms with Crippen LogP contribution >= 0.6 is 0 Å². The third-order valence-electron chi connectivity index (χ3n) is 2.44. The van der Waals surface area contributed by atoms with E-state index in [-0.39, 0.29) is 6.61 Å². The maximum atomic E-state index is 8.57. The Morgan fingerprint density at radius 3 is 2.78 bits per heavy atom. The van der Waals surface area contributed by atoms with Gasteiger partial charge >= 0.3 is 0 Å². The summed E-state index contributed by atoms with van der Waals surface area (Å²) in [4.78, 5) is 0. The van der Waals surface area contributed by atoms with E-state index in [1.54, 1.807) is 0 Å². The molecule has 4 heteroatoms. The Hall–Kier alpha value is -1.10. The molecule has 0 amide bonds. The van der Waals surface area contributed by atoms with Gasteiger partial charge in [-0.25, -0.2) is 0 Å². The Morgan fingerprint density at radius 1 is 1.17 bits per heavy atom. The first-order chi connectivity index (χ1) is 8.88. The van der Waals surface area contributed by atoms with Gasteiger partial charge < -0.3 is 19.9 Å². The number of para-hydroxylation sites is 1. The molecule has 4 nitrogen and oxygen atoms in total. The Bertz CT molecular complexity index is 318. The predicted molar refractivity (Wildman–Crippen MR) is 71.8 cm³/mol. The molecule has 1 rings (SSSR count). The van der Waals surface area contributed by atoms with Gasteiger partial charge in [-0.15, -0.1) is 0 Å². The number of aliphatic hydroxyl groups is 1. The van der Waals surface area contributed by atoms with E-state index >= 15 is 0 Å². The molecular formula is C14H23NO3. The van der Waals surface area contributed by atoms with Crippen LogP contribution in [0, 0.1) is 0 Å². The van der Waals surface area contributed by atoms with Crippen molar-refractivity contribution in [2.75, 3.05) is 33.0 Å². The second kappa shape index (κ2) is 9.88. The number of benzene rings is 1. The van der Waals surface area contributed by atoms with Gasteiger partial charge in [0.15, 0.2) is 0 Å². The lowest BCUT2D eigenvalue weighted by Gasteiger charge is -2.12. The molecule has 0 saturated heterocycles. The minimum Gasteiger partial charge on any atom is -0.491 e. The molecule has 0 unspecified atom stereocenters. The lowest BCUT2D eigenvalue weighted by atomic mass is 10.2. The fraction of sp³-hybridized carbons (Fsp3) is 0.571. The number of rotatable bonds is 10. The lowest BCUT2D eigenvalue weighted by molar-refractivity contribution is 0.0703. The second-order valence-electron chi connectivity index (χ2n) is 3.97. The van der Waals surface area contributed by atoms with Crippen molar-refractivity contribution in [2.45, 2.75) is 19.9 Å². The summed E-state index contributed by atoms with van der Waals surface area (Å²) < 4.78 is 10.8. The summed E-state index contributed by atoms with van der Waals surface area (Å²) in [6, 6.07) is 8.01. The van der Waals surface area contributed by atoms with Crippen LogP contribution in [0.2, 0.25) is 0 Å². The fourth-order valence-electron chi connectivity index (χ4n) is 1.57. The van der Waals surface area contributed by atoms with Crippen molar-refractivity contribution in [1.29, 1.82) is 0 Å². The molecule has 102 valence electrons. The number of ether oxygens (including phenoxy) is 2. The minimum atomic E-state index is 0.0531. The third kappa shape index (κ3) is 6.00. The summed E-state index contributed by atoms with van der Waals surface area (Å²) in [7, 11) is 0. The third-order valence-corrected chi connectivity index (χ3v) is 2.44. The van der Waals surface area contributed by atoms with Gasteiger partial charge in [-0.2, -0.15) is 0 Å². The highest BCUT2D eigenvalue weighted by Crippen LogP contribution is 2.17. The zero-order valence-electron chi connectivity index (χ0n) is 11.0. The molecule has 0 aliphatic carbocycles. The van der Waals surface area contributed by atoms with Crippen LogP contribution in [0.15, 0.2) is 24.3 Å². The molecule has 0 aromatic heterocycles. The molecule has 0 aliphatic heterocycles. The second-order valence-corrected chi connectivity index (χ2v) is 3.97. The first kappa shape index (κ1) is 15.0. The molecule has 0 spiro atoms. The summed E-state index contributed by atoms with van der Waals surface area (Å²) in [6.07, 6.45) is 1.12. The molecule has 0 fully saturated rings. The van der Waals surface area contributed by atoms with Gasteiger partial charge in [0, 0.05) is 12.1 Å². The standard InChI is InChI=1S/C14H23NO3/c1-2-7-15-12-13-5-3-4-6-14(13)18-11-10-17-9-8-16/h3-6,15-16H,2,7-12H2,1H3. The zero-order valence-corrected chi connectivity index (χ0v) is 11.0. The smallest absolute Gasteiger partial charge is 0.123 e. The van der Waals surface area contributed by atoms with E-state index in [9.17, 15) is 0 Å². The minimum absolute atomic E-state index is 0.0531. The molecular weight excluding hydrogens is 230 g/mol. The maximum absolute atomic E-state index is 8.57. The van der Waals surface area contributed by atoms with Gasteiger partial charge in [-0.3, -0.25) is 0 Å². The van der Waals surface area contributed by atoms with Crippen molar-refractivity contribution >= 4 is 0 Å². The van der Waals surface area contributed by atoms with Crippen LogP contribution in [0.1, 0.15) is 18.9 Å². The monoisotopic (exact) mass is 253 g/mol. The topological polar surface area (TPSA) is 50.7 Å². The number of hydrogen-bond donors (Lipinski definition) is 2. The van der Waals surface area contributed by atoms with Crippen LogP contribution in [-0.4, -0.2) is 38.1 Å². The number of nitrogens with one attached hydrogen (secondary N) is 1. The van der Waals surface area contributed by atoms with Crippen LogP contribution in [0.5, 0.6) is 5.75 Å². The van der Waals surface area contributed by atoms with Gasteiger partial charge in [0.2, 0.25) is 0 Å². The first-order valence-corrected chi connectivity index (χ1v) is 6.48. The Labute approximate surface area is 109 Å². The van der Waals surface area contributed by atoms with Gasteiger partial charge in [-0.05, 0) is 19.0 Å². The van der Waals surface area contributed by atoms with Crippen molar-refractivity contribution in [3.63, 3.8) is 0 Å². The molecule has 0 atom stereocenters. The van der Waals surface area contributed by atoms with Gasteiger partial charge in [0.05, 0.1) is 19.8 Å². The van der Waals surface area contributed by atoms with E-state index in [0.717, 1.165) is 30.8 Å². The highest BCUT2D eigenvalue weighted by molar-refractivity contribution is 5.33. The largest absolute Gasteiger partial charge is 0.491 e. The van der Waals surface area contributed by atoms with E-state index in [1.165, 1.54) is 0 Å². The van der Waals surface area contributed by atoms with E-state index < -0.39 is 0 Å². The van der Waals surface area contributed by atoms with E-state index in [4.69, 9.17) is 14.6 Å². The average molecular weight is 253 g/mol. The number of hydrogen-bond acceptors (Lipinski definition) is 4. The zero-order chi connectivity index (χ0) is 13.1. The van der Waals surface area contributed by atoms with Gasteiger partial charge in [-0.1, -0.05) is 25.1 Å². The molecule has 2 N–H and O–H groups in total. The molecule has 0 heterocycles. The maximum Gasteiger partial charge on any atom is 0.123 e. The molecule has 0 aliphatic rings. The summed E-state index contributed by atoms with van der Waals surface area (Å²) in [5.74, 6) is 0.897.